The van der Waals surface area contributed by atoms with Gasteiger partial charge in [-0.25, -0.2) is 4.98 Å². The van der Waals surface area contributed by atoms with Crippen LogP contribution in [0.2, 0.25) is 0 Å². The number of hydrogen-bond acceptors (Lipinski definition) is 5. The molecule has 122 valence electrons. The van der Waals surface area contributed by atoms with Crippen LogP contribution in [0.15, 0.2) is 12.3 Å². The van der Waals surface area contributed by atoms with E-state index in [0.717, 1.165) is 26.0 Å². The lowest BCUT2D eigenvalue weighted by molar-refractivity contribution is -0.385. The summed E-state index contributed by atoms with van der Waals surface area (Å²) in [4.78, 5) is 14.6. The summed E-state index contributed by atoms with van der Waals surface area (Å²) in [5.41, 5.74) is 0.778. The molecule has 0 aromatic carbocycles. The maximum absolute atomic E-state index is 10.8. The van der Waals surface area contributed by atoms with E-state index in [0.29, 0.717) is 17.3 Å². The maximum atomic E-state index is 10.8. The third kappa shape index (κ3) is 3.94. The Bertz CT molecular complexity index is 540. The molecule has 2 heterocycles. The lowest BCUT2D eigenvalue weighted by Gasteiger charge is -2.40. The number of ether oxygens (including phenoxy) is 1. The molecule has 1 saturated heterocycles. The molecule has 1 aliphatic rings. The molecule has 1 fully saturated rings. The van der Waals surface area contributed by atoms with Gasteiger partial charge in [-0.3, -0.25) is 10.1 Å². The van der Waals surface area contributed by atoms with E-state index in [9.17, 15) is 10.1 Å². The summed E-state index contributed by atoms with van der Waals surface area (Å²) in [7, 11) is 0. The van der Waals surface area contributed by atoms with Gasteiger partial charge in [0.25, 0.3) is 5.69 Å². The van der Waals surface area contributed by atoms with Gasteiger partial charge in [0, 0.05) is 24.6 Å². The fraction of sp³-hybridized carbons (Fsp3) is 0.688. The van der Waals surface area contributed by atoms with E-state index < -0.39 is 4.92 Å². The highest BCUT2D eigenvalue weighted by atomic mass is 16.6. The molecule has 2 unspecified atom stereocenters. The fourth-order valence-corrected chi connectivity index (χ4v) is 3.08. The predicted octanol–water partition coefficient (Wildman–Crippen LogP) is 3.55. The molecule has 22 heavy (non-hydrogen) atoms. The summed E-state index contributed by atoms with van der Waals surface area (Å²) in [5.74, 6) is 1.10. The van der Waals surface area contributed by atoms with Crippen LogP contribution in [0.25, 0.3) is 0 Å². The van der Waals surface area contributed by atoms with Crippen LogP contribution in [-0.4, -0.2) is 29.2 Å². The summed E-state index contributed by atoms with van der Waals surface area (Å²) in [6.45, 7) is 9.92. The van der Waals surface area contributed by atoms with Crippen LogP contribution in [0.4, 0.5) is 11.5 Å². The van der Waals surface area contributed by atoms with Crippen LogP contribution in [0.5, 0.6) is 0 Å². The number of nitrogens with one attached hydrogen (secondary N) is 1. The van der Waals surface area contributed by atoms with Gasteiger partial charge in [0.05, 0.1) is 11.0 Å². The van der Waals surface area contributed by atoms with Gasteiger partial charge in [-0.1, -0.05) is 20.8 Å². The van der Waals surface area contributed by atoms with Crippen molar-refractivity contribution in [3.8, 4) is 0 Å². The number of rotatable bonds is 4. The quantitative estimate of drug-likeness (QED) is 0.680. The minimum atomic E-state index is -0.406. The number of aryl methyl sites for hydroxylation is 1. The summed E-state index contributed by atoms with van der Waals surface area (Å²) in [6, 6.07) is 1.73. The Balaban J connectivity index is 2.02. The maximum Gasteiger partial charge on any atom is 0.290 e. The molecule has 1 aromatic heterocycles. The highest BCUT2D eigenvalue weighted by Gasteiger charge is 2.35. The summed E-state index contributed by atoms with van der Waals surface area (Å²) in [5, 5.41) is 14.1. The summed E-state index contributed by atoms with van der Waals surface area (Å²) >= 11 is 0. The zero-order chi connectivity index (χ0) is 16.3. The van der Waals surface area contributed by atoms with Crippen molar-refractivity contribution in [1.82, 2.24) is 4.98 Å². The summed E-state index contributed by atoms with van der Waals surface area (Å²) < 4.78 is 5.97. The number of nitro groups is 1. The number of anilines is 1. The van der Waals surface area contributed by atoms with E-state index in [4.69, 9.17) is 4.74 Å². The predicted molar refractivity (Wildman–Crippen MR) is 86.0 cm³/mol. The van der Waals surface area contributed by atoms with Gasteiger partial charge in [0.2, 0.25) is 0 Å². The third-order valence-electron chi connectivity index (χ3n) is 4.12. The van der Waals surface area contributed by atoms with Gasteiger partial charge in [-0.2, -0.15) is 0 Å². The van der Waals surface area contributed by atoms with Crippen LogP contribution in [0.3, 0.4) is 0 Å². The van der Waals surface area contributed by atoms with Crippen LogP contribution in [0, 0.1) is 28.4 Å². The van der Waals surface area contributed by atoms with Gasteiger partial charge >= 0.3 is 0 Å². The van der Waals surface area contributed by atoms with Gasteiger partial charge < -0.3 is 10.1 Å². The molecule has 0 saturated carbocycles. The van der Waals surface area contributed by atoms with E-state index >= 15 is 0 Å². The summed E-state index contributed by atoms with van der Waals surface area (Å²) in [6.07, 6.45) is 3.73. The Morgan fingerprint density at radius 3 is 2.82 bits per heavy atom. The van der Waals surface area contributed by atoms with Crippen LogP contribution in [0.1, 0.15) is 39.2 Å². The highest BCUT2D eigenvalue weighted by molar-refractivity contribution is 5.46. The van der Waals surface area contributed by atoms with Gasteiger partial charge in [0.1, 0.15) is 12.0 Å². The third-order valence-corrected chi connectivity index (χ3v) is 4.12. The molecular weight excluding hydrogens is 282 g/mol. The van der Waals surface area contributed by atoms with Crippen LogP contribution >= 0.6 is 0 Å². The van der Waals surface area contributed by atoms with Crippen molar-refractivity contribution in [1.29, 1.82) is 0 Å². The second-order valence-electron chi connectivity index (χ2n) is 7.05. The molecule has 1 aromatic rings. The molecule has 6 heteroatoms. The lowest BCUT2D eigenvalue weighted by atomic mass is 9.78. The molecule has 2 atom stereocenters. The SMILES string of the molecule is Cc1cc(NCC2CCCOC2C(C)(C)C)ncc1[N+](=O)[O-]. The van der Waals surface area contributed by atoms with E-state index in [-0.39, 0.29) is 17.2 Å². The Morgan fingerprint density at radius 2 is 2.23 bits per heavy atom. The molecule has 0 amide bonds. The zero-order valence-electron chi connectivity index (χ0n) is 13.8. The minimum absolute atomic E-state index is 0.0547. The Hall–Kier alpha value is -1.69. The Morgan fingerprint density at radius 1 is 1.50 bits per heavy atom. The topological polar surface area (TPSA) is 77.3 Å². The number of pyridine rings is 1. The largest absolute Gasteiger partial charge is 0.377 e. The highest BCUT2D eigenvalue weighted by Crippen LogP contribution is 2.34. The van der Waals surface area contributed by atoms with E-state index in [1.165, 1.54) is 6.20 Å². The molecule has 1 N–H and O–H groups in total. The van der Waals surface area contributed by atoms with Gasteiger partial charge in [0.15, 0.2) is 0 Å². The van der Waals surface area contributed by atoms with Crippen molar-refractivity contribution in [3.05, 3.63) is 27.9 Å². The van der Waals surface area contributed by atoms with Crippen LogP contribution in [-0.2, 0) is 4.74 Å². The van der Waals surface area contributed by atoms with E-state index in [1.807, 2.05) is 0 Å². The van der Waals surface area contributed by atoms with Crippen molar-refractivity contribution in [2.75, 3.05) is 18.5 Å². The average molecular weight is 307 g/mol. The number of nitrogens with zero attached hydrogens (tertiary/aromatic N) is 2. The smallest absolute Gasteiger partial charge is 0.290 e. The second kappa shape index (κ2) is 6.60. The fourth-order valence-electron chi connectivity index (χ4n) is 3.08. The normalized spacial score (nSPS) is 22.4. The first-order valence-electron chi connectivity index (χ1n) is 7.75. The minimum Gasteiger partial charge on any atom is -0.377 e. The van der Waals surface area contributed by atoms with Gasteiger partial charge in [-0.05, 0) is 31.2 Å². The van der Waals surface area contributed by atoms with Crippen molar-refractivity contribution >= 4 is 11.5 Å². The van der Waals surface area contributed by atoms with Crippen molar-refractivity contribution in [3.63, 3.8) is 0 Å². The van der Waals surface area contributed by atoms with Crippen molar-refractivity contribution in [2.45, 2.75) is 46.6 Å². The van der Waals surface area contributed by atoms with Crippen molar-refractivity contribution < 1.29 is 9.66 Å². The first kappa shape index (κ1) is 16.7. The Kier molecular flexibility index (Phi) is 5.01. The monoisotopic (exact) mass is 307 g/mol. The molecular formula is C16H25N3O3. The molecule has 1 aliphatic heterocycles. The number of hydrogen-bond donors (Lipinski definition) is 1. The molecule has 0 radical (unpaired) electrons. The zero-order valence-corrected chi connectivity index (χ0v) is 13.8. The van der Waals surface area contributed by atoms with E-state index in [2.05, 4.69) is 31.1 Å². The molecule has 0 spiro atoms. The first-order valence-corrected chi connectivity index (χ1v) is 7.75. The molecule has 0 bridgehead atoms. The number of aromatic nitrogens is 1. The molecule has 2 rings (SSSR count). The van der Waals surface area contributed by atoms with Gasteiger partial charge in [-0.15, -0.1) is 0 Å². The molecule has 6 nitrogen and oxygen atoms in total. The van der Waals surface area contributed by atoms with Crippen LogP contribution < -0.4 is 5.32 Å². The molecule has 0 aliphatic carbocycles. The Labute approximate surface area is 131 Å². The lowest BCUT2D eigenvalue weighted by Crippen LogP contribution is -2.42. The second-order valence-corrected chi connectivity index (χ2v) is 7.05. The standard InChI is InChI=1S/C16H25N3O3/c1-11-8-14(18-10-13(11)19(20)21)17-9-12-6-5-7-22-15(12)16(2,3)4/h8,10,12,15H,5-7,9H2,1-4H3,(H,17,18). The van der Waals surface area contributed by atoms with Crippen molar-refractivity contribution in [2.24, 2.45) is 11.3 Å². The first-order chi connectivity index (χ1) is 10.3. The average Bonchev–Trinajstić information content (AvgIpc) is 2.44. The van der Waals surface area contributed by atoms with E-state index in [1.54, 1.807) is 13.0 Å².